The number of piperidine rings is 1. The Labute approximate surface area is 306 Å². The van der Waals surface area contributed by atoms with Gasteiger partial charge in [-0.2, -0.15) is 0 Å². The van der Waals surface area contributed by atoms with Gasteiger partial charge in [-0.15, -0.1) is 10.2 Å². The number of carbonyl (C=O) groups excluding carboxylic acids is 2. The van der Waals surface area contributed by atoms with Crippen molar-refractivity contribution in [2.24, 2.45) is 0 Å². The fraction of sp³-hybridized carbons (Fsp3) is 0.300. The van der Waals surface area contributed by atoms with E-state index in [4.69, 9.17) is 15.7 Å². The summed E-state index contributed by atoms with van der Waals surface area (Å²) in [5, 5.41) is 23.7. The summed E-state index contributed by atoms with van der Waals surface area (Å²) in [6, 6.07) is 25.5. The number of imide groups is 1. The molecular weight excluding hydrogens is 669 g/mol. The highest BCUT2D eigenvalue weighted by Crippen LogP contribution is 2.39. The summed E-state index contributed by atoms with van der Waals surface area (Å²) in [6.45, 7) is 2.79. The maximum Gasteiger partial charge on any atom is 0.249 e. The standard InChI is InChI=1S/C40H40N10O3/c1-47(20-24-7-6-11-32-37(24)29-9-2-4-10-31(29)50(32)33-15-16-36(52)44-39(33)53)21-25-17-18-42-40(43-25)49-26-13-14-27(49)23-48(22-26)34-19-30(45-46-38(34)41)28-8-3-5-12-35(28)51/h2-12,17-19,26-27,33,51H,13-16,20-23H2,1H3,(H2,41,46)(H,44,52,53). The molecule has 2 bridgehead atoms. The van der Waals surface area contributed by atoms with Crippen LogP contribution < -0.4 is 20.9 Å². The zero-order valence-corrected chi connectivity index (χ0v) is 29.4. The van der Waals surface area contributed by atoms with Gasteiger partial charge in [0.25, 0.3) is 0 Å². The number of carbonyl (C=O) groups is 2. The SMILES string of the molecule is CN(Cc1ccnc(N2C3CCC2CN(c2cc(-c4ccccc4O)nnc2N)C3)n1)Cc1cccc2c1c1ccccc1n2C1CCC(=O)NC1=O. The van der Waals surface area contributed by atoms with Crippen LogP contribution >= 0.6 is 0 Å². The van der Waals surface area contributed by atoms with Gasteiger partial charge in [0.2, 0.25) is 17.8 Å². The largest absolute Gasteiger partial charge is 0.507 e. The molecule has 3 aromatic heterocycles. The van der Waals surface area contributed by atoms with Gasteiger partial charge >= 0.3 is 0 Å². The second-order valence-electron chi connectivity index (χ2n) is 14.4. The highest BCUT2D eigenvalue weighted by molar-refractivity contribution is 6.11. The number of nitrogen functional groups attached to an aromatic ring is 1. The number of nitrogens with one attached hydrogen (secondary N) is 1. The van der Waals surface area contributed by atoms with Crippen molar-refractivity contribution in [2.45, 2.75) is 56.9 Å². The molecule has 3 saturated heterocycles. The van der Waals surface area contributed by atoms with Crippen molar-refractivity contribution in [2.75, 3.05) is 35.7 Å². The van der Waals surface area contributed by atoms with E-state index in [1.54, 1.807) is 12.1 Å². The van der Waals surface area contributed by atoms with E-state index in [1.807, 2.05) is 48.7 Å². The van der Waals surface area contributed by atoms with E-state index in [0.29, 0.717) is 43.0 Å². The number of fused-ring (bicyclic) bond motifs is 5. The molecule has 2 amide bonds. The molecule has 6 heterocycles. The lowest BCUT2D eigenvalue weighted by molar-refractivity contribution is -0.135. The van der Waals surface area contributed by atoms with Crippen LogP contribution in [0.4, 0.5) is 17.5 Å². The van der Waals surface area contributed by atoms with Crippen LogP contribution in [0.1, 0.15) is 43.0 Å². The van der Waals surface area contributed by atoms with E-state index in [0.717, 1.165) is 70.6 Å². The first-order valence-electron chi connectivity index (χ1n) is 18.1. The Morgan fingerprint density at radius 1 is 0.906 bits per heavy atom. The number of amides is 2. The fourth-order valence-corrected chi connectivity index (χ4v) is 8.63. The van der Waals surface area contributed by atoms with Crippen molar-refractivity contribution in [1.82, 2.24) is 34.9 Å². The first-order valence-corrected chi connectivity index (χ1v) is 18.1. The molecule has 0 saturated carbocycles. The number of hydrogen-bond donors (Lipinski definition) is 3. The summed E-state index contributed by atoms with van der Waals surface area (Å²) in [7, 11) is 2.10. The number of nitrogens with zero attached hydrogens (tertiary/aromatic N) is 8. The number of phenolic OH excluding ortho intramolecular Hbond substituents is 1. The third kappa shape index (κ3) is 5.86. The van der Waals surface area contributed by atoms with Crippen molar-refractivity contribution in [3.05, 3.63) is 96.3 Å². The van der Waals surface area contributed by atoms with Gasteiger partial charge in [-0.1, -0.05) is 42.5 Å². The molecule has 3 unspecified atom stereocenters. The van der Waals surface area contributed by atoms with E-state index in [9.17, 15) is 14.7 Å². The lowest BCUT2D eigenvalue weighted by atomic mass is 10.0. The molecule has 53 heavy (non-hydrogen) atoms. The van der Waals surface area contributed by atoms with Gasteiger partial charge in [0, 0.05) is 72.7 Å². The van der Waals surface area contributed by atoms with Crippen molar-refractivity contribution in [1.29, 1.82) is 0 Å². The minimum atomic E-state index is -0.445. The maximum absolute atomic E-state index is 13.0. The molecule has 6 aromatic rings. The quantitative estimate of drug-likeness (QED) is 0.187. The summed E-state index contributed by atoms with van der Waals surface area (Å²) < 4.78 is 2.10. The van der Waals surface area contributed by atoms with Crippen molar-refractivity contribution < 1.29 is 14.7 Å². The van der Waals surface area contributed by atoms with E-state index in [-0.39, 0.29) is 29.6 Å². The van der Waals surface area contributed by atoms with Crippen LogP contribution in [0.15, 0.2) is 85.1 Å². The summed E-state index contributed by atoms with van der Waals surface area (Å²) in [5.74, 6) is 0.796. The number of rotatable bonds is 8. The molecule has 268 valence electrons. The Morgan fingerprint density at radius 3 is 2.49 bits per heavy atom. The smallest absolute Gasteiger partial charge is 0.249 e. The molecule has 3 aliphatic rings. The molecule has 0 spiro atoms. The maximum atomic E-state index is 13.0. The van der Waals surface area contributed by atoms with Crippen LogP contribution in [0.5, 0.6) is 5.75 Å². The van der Waals surface area contributed by atoms with Crippen LogP contribution in [0.3, 0.4) is 0 Å². The predicted octanol–water partition coefficient (Wildman–Crippen LogP) is 4.80. The Morgan fingerprint density at radius 2 is 1.68 bits per heavy atom. The van der Waals surface area contributed by atoms with E-state index in [2.05, 4.69) is 66.1 Å². The summed E-state index contributed by atoms with van der Waals surface area (Å²) in [4.78, 5) is 41.7. The van der Waals surface area contributed by atoms with Gasteiger partial charge < -0.3 is 25.2 Å². The van der Waals surface area contributed by atoms with Crippen LogP contribution in [0.2, 0.25) is 0 Å². The van der Waals surface area contributed by atoms with Crippen molar-refractivity contribution >= 4 is 51.1 Å². The molecule has 3 atom stereocenters. The van der Waals surface area contributed by atoms with Gasteiger partial charge in [0.05, 0.1) is 22.6 Å². The minimum absolute atomic E-state index is 0.152. The first kappa shape index (κ1) is 32.8. The van der Waals surface area contributed by atoms with Gasteiger partial charge in [-0.05, 0) is 68.3 Å². The summed E-state index contributed by atoms with van der Waals surface area (Å²) in [6.07, 6.45) is 4.70. The fourth-order valence-electron chi connectivity index (χ4n) is 8.63. The Bertz CT molecular complexity index is 2380. The molecule has 9 rings (SSSR count). The molecule has 3 fully saturated rings. The third-order valence-electron chi connectivity index (χ3n) is 11.0. The number of piperazine rings is 1. The molecule has 3 aliphatic heterocycles. The molecule has 3 aromatic carbocycles. The average molecular weight is 709 g/mol. The Hall–Kier alpha value is -6.08. The van der Waals surface area contributed by atoms with E-state index < -0.39 is 6.04 Å². The topological polar surface area (TPSA) is 159 Å². The number of aromatic nitrogens is 5. The second kappa shape index (κ2) is 13.2. The Kier molecular flexibility index (Phi) is 8.14. The number of benzene rings is 3. The van der Waals surface area contributed by atoms with Crippen LogP contribution in [-0.2, 0) is 22.7 Å². The number of para-hydroxylation sites is 2. The number of anilines is 3. The second-order valence-corrected chi connectivity index (χ2v) is 14.4. The highest BCUT2D eigenvalue weighted by Gasteiger charge is 2.42. The van der Waals surface area contributed by atoms with E-state index in [1.165, 1.54) is 0 Å². The lowest BCUT2D eigenvalue weighted by Gasteiger charge is -2.42. The third-order valence-corrected chi connectivity index (χ3v) is 11.0. The molecular formula is C40H40N10O3. The lowest BCUT2D eigenvalue weighted by Crippen LogP contribution is -2.54. The summed E-state index contributed by atoms with van der Waals surface area (Å²) >= 11 is 0. The normalized spacial score (nSPS) is 20.2. The Balaban J connectivity index is 0.936. The zero-order chi connectivity index (χ0) is 36.2. The molecule has 0 radical (unpaired) electrons. The predicted molar refractivity (Wildman–Crippen MR) is 203 cm³/mol. The van der Waals surface area contributed by atoms with Crippen LogP contribution in [-0.4, -0.2) is 78.8 Å². The van der Waals surface area contributed by atoms with E-state index >= 15 is 0 Å². The molecule has 13 heteroatoms. The van der Waals surface area contributed by atoms with Crippen molar-refractivity contribution in [3.63, 3.8) is 0 Å². The first-order chi connectivity index (χ1) is 25.8. The number of aromatic hydroxyl groups is 1. The number of hydrogen-bond acceptors (Lipinski definition) is 11. The van der Waals surface area contributed by atoms with Crippen molar-refractivity contribution in [3.8, 4) is 17.0 Å². The van der Waals surface area contributed by atoms with Gasteiger partial charge in [-0.25, -0.2) is 9.97 Å². The van der Waals surface area contributed by atoms with Crippen LogP contribution in [0.25, 0.3) is 33.1 Å². The average Bonchev–Trinajstić information content (AvgIpc) is 3.63. The monoisotopic (exact) mass is 708 g/mol. The molecule has 13 nitrogen and oxygen atoms in total. The van der Waals surface area contributed by atoms with Gasteiger partial charge in [-0.3, -0.25) is 19.8 Å². The highest BCUT2D eigenvalue weighted by atomic mass is 16.3. The van der Waals surface area contributed by atoms with Gasteiger partial charge in [0.1, 0.15) is 11.8 Å². The van der Waals surface area contributed by atoms with Gasteiger partial charge in [0.15, 0.2) is 5.82 Å². The number of nitrogens with two attached hydrogens (primary N) is 1. The minimum Gasteiger partial charge on any atom is -0.507 e. The number of phenols is 1. The molecule has 0 aliphatic carbocycles. The zero-order valence-electron chi connectivity index (χ0n) is 29.4. The summed E-state index contributed by atoms with van der Waals surface area (Å²) in [5.41, 5.74) is 12.5. The van der Waals surface area contributed by atoms with Crippen LogP contribution in [0, 0.1) is 0 Å². The molecule has 4 N–H and O–H groups in total.